The van der Waals surface area contributed by atoms with Crippen molar-refractivity contribution in [2.45, 2.75) is 13.5 Å². The van der Waals surface area contributed by atoms with Crippen LogP contribution < -0.4 is 0 Å². The van der Waals surface area contributed by atoms with E-state index in [-0.39, 0.29) is 5.91 Å². The molecule has 0 saturated carbocycles. The molecule has 0 aliphatic carbocycles. The maximum atomic E-state index is 13.1. The van der Waals surface area contributed by atoms with Crippen LogP contribution in [0.15, 0.2) is 71.4 Å². The zero-order valence-electron chi connectivity index (χ0n) is 16.7. The summed E-state index contributed by atoms with van der Waals surface area (Å²) in [6.07, 6.45) is 3.47. The monoisotopic (exact) mass is 386 g/mol. The van der Waals surface area contributed by atoms with E-state index >= 15 is 0 Å². The SMILES string of the molecule is Cc1oc(-c2cnn(C)c2)nc1C(=O)N(C)Cc1ccccc1-c1ccccc1. The molecule has 0 aliphatic rings. The van der Waals surface area contributed by atoms with Crippen LogP contribution in [0, 0.1) is 6.92 Å². The molecule has 0 fully saturated rings. The summed E-state index contributed by atoms with van der Waals surface area (Å²) in [6, 6.07) is 18.3. The number of amides is 1. The molecule has 0 spiro atoms. The van der Waals surface area contributed by atoms with Crippen LogP contribution in [0.3, 0.4) is 0 Å². The van der Waals surface area contributed by atoms with Gasteiger partial charge in [0.15, 0.2) is 5.69 Å². The van der Waals surface area contributed by atoms with Crippen LogP contribution in [0.2, 0.25) is 0 Å². The van der Waals surface area contributed by atoms with Crippen LogP contribution in [0.4, 0.5) is 0 Å². The lowest BCUT2D eigenvalue weighted by Gasteiger charge is -2.18. The molecule has 0 aliphatic heterocycles. The Kier molecular flexibility index (Phi) is 4.99. The molecule has 6 heteroatoms. The number of nitrogens with zero attached hydrogens (tertiary/aromatic N) is 4. The topological polar surface area (TPSA) is 64.2 Å². The molecule has 0 radical (unpaired) electrons. The van der Waals surface area contributed by atoms with Gasteiger partial charge in [0.2, 0.25) is 5.89 Å². The molecule has 2 aromatic carbocycles. The Morgan fingerprint density at radius 3 is 2.52 bits per heavy atom. The van der Waals surface area contributed by atoms with E-state index in [1.807, 2.05) is 43.4 Å². The Hall–Kier alpha value is -3.67. The molecule has 0 saturated heterocycles. The molecule has 4 rings (SSSR count). The molecule has 2 aromatic heterocycles. The third kappa shape index (κ3) is 3.82. The van der Waals surface area contributed by atoms with Gasteiger partial charge in [-0.25, -0.2) is 4.98 Å². The van der Waals surface area contributed by atoms with Crippen LogP contribution in [0.5, 0.6) is 0 Å². The van der Waals surface area contributed by atoms with Gasteiger partial charge >= 0.3 is 0 Å². The molecular formula is C23H22N4O2. The van der Waals surface area contributed by atoms with Crippen molar-refractivity contribution in [1.82, 2.24) is 19.7 Å². The molecule has 146 valence electrons. The minimum Gasteiger partial charge on any atom is -0.440 e. The fourth-order valence-corrected chi connectivity index (χ4v) is 3.32. The van der Waals surface area contributed by atoms with Gasteiger partial charge in [-0.3, -0.25) is 9.48 Å². The van der Waals surface area contributed by atoms with Crippen molar-refractivity contribution in [1.29, 1.82) is 0 Å². The zero-order valence-corrected chi connectivity index (χ0v) is 16.7. The number of aromatic nitrogens is 3. The largest absolute Gasteiger partial charge is 0.440 e. The number of benzene rings is 2. The minimum atomic E-state index is -0.177. The molecule has 2 heterocycles. The van der Waals surface area contributed by atoms with Gasteiger partial charge in [-0.1, -0.05) is 54.6 Å². The first-order valence-electron chi connectivity index (χ1n) is 9.38. The zero-order chi connectivity index (χ0) is 20.4. The molecule has 0 N–H and O–H groups in total. The van der Waals surface area contributed by atoms with E-state index in [1.165, 1.54) is 0 Å². The predicted octanol–water partition coefficient (Wildman–Crippen LogP) is 4.32. The van der Waals surface area contributed by atoms with Gasteiger partial charge in [-0.2, -0.15) is 5.10 Å². The Balaban J connectivity index is 1.58. The third-order valence-electron chi connectivity index (χ3n) is 4.81. The van der Waals surface area contributed by atoms with Crippen molar-refractivity contribution in [2.75, 3.05) is 7.05 Å². The molecule has 4 aromatic rings. The average molecular weight is 386 g/mol. The summed E-state index contributed by atoms with van der Waals surface area (Å²) < 4.78 is 7.39. The van der Waals surface area contributed by atoms with E-state index in [4.69, 9.17) is 4.42 Å². The third-order valence-corrected chi connectivity index (χ3v) is 4.81. The van der Waals surface area contributed by atoms with Gasteiger partial charge in [0.1, 0.15) is 5.76 Å². The summed E-state index contributed by atoms with van der Waals surface area (Å²) in [6.45, 7) is 2.23. The normalized spacial score (nSPS) is 10.9. The fourth-order valence-electron chi connectivity index (χ4n) is 3.32. The van der Waals surface area contributed by atoms with E-state index in [0.29, 0.717) is 23.9 Å². The van der Waals surface area contributed by atoms with Crippen molar-refractivity contribution in [2.24, 2.45) is 7.05 Å². The summed E-state index contributed by atoms with van der Waals surface area (Å²) in [5.74, 6) is 0.721. The van der Waals surface area contributed by atoms with Crippen LogP contribution in [-0.4, -0.2) is 32.6 Å². The van der Waals surface area contributed by atoms with Gasteiger partial charge in [0.05, 0.1) is 11.8 Å². The van der Waals surface area contributed by atoms with Gasteiger partial charge in [-0.05, 0) is 23.6 Å². The number of hydrogen-bond acceptors (Lipinski definition) is 4. The molecule has 29 heavy (non-hydrogen) atoms. The van der Waals surface area contributed by atoms with Crippen LogP contribution in [-0.2, 0) is 13.6 Å². The number of carbonyl (C=O) groups excluding carboxylic acids is 1. The highest BCUT2D eigenvalue weighted by Crippen LogP contribution is 2.26. The Morgan fingerprint density at radius 2 is 1.79 bits per heavy atom. The lowest BCUT2D eigenvalue weighted by Crippen LogP contribution is -2.27. The van der Waals surface area contributed by atoms with E-state index in [1.54, 1.807) is 35.9 Å². The minimum absolute atomic E-state index is 0.177. The Labute approximate surface area is 169 Å². The fraction of sp³-hybridized carbons (Fsp3) is 0.174. The summed E-state index contributed by atoms with van der Waals surface area (Å²) in [5.41, 5.74) is 4.37. The maximum Gasteiger partial charge on any atom is 0.276 e. The Bertz CT molecular complexity index is 1140. The molecule has 0 unspecified atom stereocenters. The first kappa shape index (κ1) is 18.7. The molecule has 0 bridgehead atoms. The number of rotatable bonds is 5. The van der Waals surface area contributed by atoms with Crippen molar-refractivity contribution < 1.29 is 9.21 Å². The number of hydrogen-bond donors (Lipinski definition) is 0. The lowest BCUT2D eigenvalue weighted by atomic mass is 9.99. The number of oxazole rings is 1. The molecular weight excluding hydrogens is 364 g/mol. The highest BCUT2D eigenvalue weighted by molar-refractivity contribution is 5.93. The number of carbonyl (C=O) groups is 1. The van der Waals surface area contributed by atoms with Gasteiger partial charge < -0.3 is 9.32 Å². The van der Waals surface area contributed by atoms with Crippen LogP contribution >= 0.6 is 0 Å². The van der Waals surface area contributed by atoms with E-state index in [9.17, 15) is 4.79 Å². The number of aryl methyl sites for hydroxylation is 2. The maximum absolute atomic E-state index is 13.1. The predicted molar refractivity (Wildman–Crippen MR) is 111 cm³/mol. The van der Waals surface area contributed by atoms with Gasteiger partial charge in [-0.15, -0.1) is 0 Å². The first-order valence-corrected chi connectivity index (χ1v) is 9.38. The van der Waals surface area contributed by atoms with E-state index in [2.05, 4.69) is 28.3 Å². The van der Waals surface area contributed by atoms with Crippen LogP contribution in [0.25, 0.3) is 22.6 Å². The standard InChI is InChI=1S/C23H22N4O2/c1-16-21(25-22(29-16)19-13-24-27(3)15-19)23(28)26(2)14-18-11-7-8-12-20(18)17-9-5-4-6-10-17/h4-13,15H,14H2,1-3H3. The van der Waals surface area contributed by atoms with Crippen molar-refractivity contribution in [3.8, 4) is 22.6 Å². The van der Waals surface area contributed by atoms with Gasteiger partial charge in [0.25, 0.3) is 5.91 Å². The second kappa shape index (κ2) is 7.75. The second-order valence-electron chi connectivity index (χ2n) is 7.01. The van der Waals surface area contributed by atoms with Crippen molar-refractivity contribution in [3.63, 3.8) is 0 Å². The Morgan fingerprint density at radius 1 is 1.07 bits per heavy atom. The molecule has 6 nitrogen and oxygen atoms in total. The van der Waals surface area contributed by atoms with E-state index in [0.717, 1.165) is 22.3 Å². The summed E-state index contributed by atoms with van der Waals surface area (Å²) in [4.78, 5) is 19.1. The molecule has 0 atom stereocenters. The van der Waals surface area contributed by atoms with E-state index < -0.39 is 0 Å². The highest BCUT2D eigenvalue weighted by atomic mass is 16.4. The highest BCUT2D eigenvalue weighted by Gasteiger charge is 2.22. The summed E-state index contributed by atoms with van der Waals surface area (Å²) in [7, 11) is 3.60. The average Bonchev–Trinajstić information content (AvgIpc) is 3.34. The second-order valence-corrected chi connectivity index (χ2v) is 7.01. The van der Waals surface area contributed by atoms with Crippen LogP contribution in [0.1, 0.15) is 21.8 Å². The van der Waals surface area contributed by atoms with Gasteiger partial charge in [0, 0.05) is 26.8 Å². The smallest absolute Gasteiger partial charge is 0.276 e. The molecule has 1 amide bonds. The summed E-state index contributed by atoms with van der Waals surface area (Å²) in [5, 5.41) is 4.13. The van der Waals surface area contributed by atoms with Crippen molar-refractivity contribution in [3.05, 3.63) is 84.0 Å². The summed E-state index contributed by atoms with van der Waals surface area (Å²) >= 11 is 0. The first-order chi connectivity index (χ1) is 14.0. The quantitative estimate of drug-likeness (QED) is 0.512. The van der Waals surface area contributed by atoms with Crippen molar-refractivity contribution >= 4 is 5.91 Å². The lowest BCUT2D eigenvalue weighted by molar-refractivity contribution is 0.0778.